The lowest BCUT2D eigenvalue weighted by Crippen LogP contribution is -2.39. The van der Waals surface area contributed by atoms with Crippen molar-refractivity contribution >= 4 is 11.8 Å². The maximum Gasteiger partial charge on any atom is 0.354 e. The standard InChI is InChI=1S/C16H25N3O2/c1-12-9-13(2)11-19(10-12)8-4-7-17-15-6-3-5-14(18-15)16(20)21/h3,5-6,12-13H,4,7-11H2,1-2H3,(H,17,18)(H,20,21). The third-order valence-corrected chi connectivity index (χ3v) is 3.87. The maximum absolute atomic E-state index is 10.9. The molecule has 2 atom stereocenters. The van der Waals surface area contributed by atoms with Crippen LogP contribution in [0, 0.1) is 11.8 Å². The van der Waals surface area contributed by atoms with Crippen LogP contribution < -0.4 is 5.32 Å². The number of hydrogen-bond donors (Lipinski definition) is 2. The predicted molar refractivity (Wildman–Crippen MR) is 83.7 cm³/mol. The number of rotatable bonds is 6. The number of likely N-dealkylation sites (tertiary alicyclic amines) is 1. The van der Waals surface area contributed by atoms with Crippen LogP contribution >= 0.6 is 0 Å². The third kappa shape index (κ3) is 5.01. The normalized spacial score (nSPS) is 23.0. The zero-order chi connectivity index (χ0) is 15.2. The SMILES string of the molecule is CC1CC(C)CN(CCCNc2cccc(C(=O)O)n2)C1. The fourth-order valence-electron chi connectivity index (χ4n) is 3.15. The van der Waals surface area contributed by atoms with Gasteiger partial charge in [-0.15, -0.1) is 0 Å². The number of piperidine rings is 1. The second-order valence-corrected chi connectivity index (χ2v) is 6.20. The van der Waals surface area contributed by atoms with Crippen molar-refractivity contribution in [3.63, 3.8) is 0 Å². The number of anilines is 1. The van der Waals surface area contributed by atoms with E-state index in [0.29, 0.717) is 5.82 Å². The van der Waals surface area contributed by atoms with Crippen molar-refractivity contribution in [2.75, 3.05) is 31.5 Å². The van der Waals surface area contributed by atoms with Gasteiger partial charge in [0, 0.05) is 19.6 Å². The van der Waals surface area contributed by atoms with Crippen LogP contribution in [0.5, 0.6) is 0 Å². The highest BCUT2D eigenvalue weighted by atomic mass is 16.4. The summed E-state index contributed by atoms with van der Waals surface area (Å²) in [6, 6.07) is 5.02. The molecule has 0 spiro atoms. The molecule has 2 rings (SSSR count). The Kier molecular flexibility index (Phi) is 5.56. The second-order valence-electron chi connectivity index (χ2n) is 6.20. The van der Waals surface area contributed by atoms with Crippen molar-refractivity contribution in [3.8, 4) is 0 Å². The molecular formula is C16H25N3O2. The Morgan fingerprint density at radius 3 is 2.76 bits per heavy atom. The van der Waals surface area contributed by atoms with Gasteiger partial charge in [-0.25, -0.2) is 9.78 Å². The van der Waals surface area contributed by atoms with Gasteiger partial charge in [0.1, 0.15) is 5.82 Å². The number of aromatic carboxylic acids is 1. The average Bonchev–Trinajstić information content (AvgIpc) is 2.43. The fourth-order valence-corrected chi connectivity index (χ4v) is 3.15. The Hall–Kier alpha value is -1.62. The van der Waals surface area contributed by atoms with Gasteiger partial charge in [0.05, 0.1) is 0 Å². The largest absolute Gasteiger partial charge is 0.477 e. The molecule has 1 fully saturated rings. The van der Waals surface area contributed by atoms with E-state index in [0.717, 1.165) is 31.3 Å². The third-order valence-electron chi connectivity index (χ3n) is 3.87. The van der Waals surface area contributed by atoms with E-state index in [1.54, 1.807) is 12.1 Å². The molecule has 0 saturated carbocycles. The minimum absolute atomic E-state index is 0.0821. The Bertz CT molecular complexity index is 468. The number of carboxylic acid groups (broad SMARTS) is 1. The van der Waals surface area contributed by atoms with Gasteiger partial charge in [0.25, 0.3) is 0 Å². The summed E-state index contributed by atoms with van der Waals surface area (Å²) in [6.45, 7) is 8.92. The van der Waals surface area contributed by atoms with Gasteiger partial charge >= 0.3 is 5.97 Å². The molecular weight excluding hydrogens is 266 g/mol. The Labute approximate surface area is 126 Å². The highest BCUT2D eigenvalue weighted by Crippen LogP contribution is 2.20. The van der Waals surface area contributed by atoms with E-state index in [1.807, 2.05) is 0 Å². The number of carbonyl (C=O) groups is 1. The van der Waals surface area contributed by atoms with Gasteiger partial charge in [0.15, 0.2) is 5.69 Å². The Balaban J connectivity index is 1.72. The summed E-state index contributed by atoms with van der Waals surface area (Å²) < 4.78 is 0. The van der Waals surface area contributed by atoms with E-state index >= 15 is 0 Å². The van der Waals surface area contributed by atoms with Crippen LogP contribution in [0.4, 0.5) is 5.82 Å². The van der Waals surface area contributed by atoms with Gasteiger partial charge < -0.3 is 15.3 Å². The highest BCUT2D eigenvalue weighted by Gasteiger charge is 2.20. The fraction of sp³-hybridized carbons (Fsp3) is 0.625. The quantitative estimate of drug-likeness (QED) is 0.789. The van der Waals surface area contributed by atoms with E-state index < -0.39 is 5.97 Å². The lowest BCUT2D eigenvalue weighted by Gasteiger charge is -2.34. The van der Waals surface area contributed by atoms with Gasteiger partial charge in [-0.05, 0) is 43.4 Å². The lowest BCUT2D eigenvalue weighted by molar-refractivity contribution is 0.0690. The van der Waals surface area contributed by atoms with Crippen LogP contribution in [0.3, 0.4) is 0 Å². The highest BCUT2D eigenvalue weighted by molar-refractivity contribution is 5.85. The summed E-state index contributed by atoms with van der Waals surface area (Å²) in [5, 5.41) is 12.1. The molecule has 1 aromatic rings. The maximum atomic E-state index is 10.9. The Morgan fingerprint density at radius 2 is 2.10 bits per heavy atom. The van der Waals surface area contributed by atoms with Crippen molar-refractivity contribution in [1.82, 2.24) is 9.88 Å². The van der Waals surface area contributed by atoms with Crippen LogP contribution in [-0.4, -0.2) is 47.1 Å². The predicted octanol–water partition coefficient (Wildman–Crippen LogP) is 2.56. The molecule has 1 aliphatic heterocycles. The minimum atomic E-state index is -0.991. The summed E-state index contributed by atoms with van der Waals surface area (Å²) in [6.07, 6.45) is 2.37. The first-order chi connectivity index (χ1) is 10.0. The van der Waals surface area contributed by atoms with E-state index in [4.69, 9.17) is 5.11 Å². The monoisotopic (exact) mass is 291 g/mol. The number of pyridine rings is 1. The van der Waals surface area contributed by atoms with Crippen LogP contribution in [-0.2, 0) is 0 Å². The Morgan fingerprint density at radius 1 is 1.38 bits per heavy atom. The van der Waals surface area contributed by atoms with E-state index in [2.05, 4.69) is 29.0 Å². The van der Waals surface area contributed by atoms with E-state index in [-0.39, 0.29) is 5.69 Å². The number of hydrogen-bond acceptors (Lipinski definition) is 4. The summed E-state index contributed by atoms with van der Waals surface area (Å²) in [5.41, 5.74) is 0.0821. The van der Waals surface area contributed by atoms with Crippen molar-refractivity contribution in [3.05, 3.63) is 23.9 Å². The number of carboxylic acids is 1. The average molecular weight is 291 g/mol. The molecule has 2 N–H and O–H groups in total. The molecule has 116 valence electrons. The molecule has 21 heavy (non-hydrogen) atoms. The molecule has 5 heteroatoms. The summed E-state index contributed by atoms with van der Waals surface area (Å²) in [4.78, 5) is 17.4. The topological polar surface area (TPSA) is 65.5 Å². The molecule has 2 unspecified atom stereocenters. The minimum Gasteiger partial charge on any atom is -0.477 e. The lowest BCUT2D eigenvalue weighted by atomic mass is 9.92. The van der Waals surface area contributed by atoms with Crippen molar-refractivity contribution < 1.29 is 9.90 Å². The van der Waals surface area contributed by atoms with Crippen LogP contribution in [0.1, 0.15) is 37.2 Å². The molecule has 1 saturated heterocycles. The number of nitrogens with zero attached hydrogens (tertiary/aromatic N) is 2. The number of aromatic nitrogens is 1. The zero-order valence-electron chi connectivity index (χ0n) is 12.9. The molecule has 0 radical (unpaired) electrons. The first kappa shape index (κ1) is 15.8. The smallest absolute Gasteiger partial charge is 0.354 e. The summed E-state index contributed by atoms with van der Waals surface area (Å²) >= 11 is 0. The first-order valence-corrected chi connectivity index (χ1v) is 7.71. The van der Waals surface area contributed by atoms with Gasteiger partial charge in [0.2, 0.25) is 0 Å². The van der Waals surface area contributed by atoms with Crippen molar-refractivity contribution in [2.24, 2.45) is 11.8 Å². The van der Waals surface area contributed by atoms with Crippen molar-refractivity contribution in [1.29, 1.82) is 0 Å². The molecule has 0 aliphatic carbocycles. The zero-order valence-corrected chi connectivity index (χ0v) is 12.9. The van der Waals surface area contributed by atoms with Crippen LogP contribution in [0.2, 0.25) is 0 Å². The second kappa shape index (κ2) is 7.41. The van der Waals surface area contributed by atoms with Gasteiger partial charge in [-0.2, -0.15) is 0 Å². The van der Waals surface area contributed by atoms with E-state index in [1.165, 1.54) is 25.6 Å². The first-order valence-electron chi connectivity index (χ1n) is 7.71. The van der Waals surface area contributed by atoms with Gasteiger partial charge in [-0.3, -0.25) is 0 Å². The van der Waals surface area contributed by atoms with Crippen LogP contribution in [0.25, 0.3) is 0 Å². The molecule has 0 amide bonds. The molecule has 1 aliphatic rings. The van der Waals surface area contributed by atoms with Crippen LogP contribution in [0.15, 0.2) is 18.2 Å². The molecule has 0 aromatic carbocycles. The summed E-state index contributed by atoms with van der Waals surface area (Å²) in [7, 11) is 0. The van der Waals surface area contributed by atoms with Crippen molar-refractivity contribution in [2.45, 2.75) is 26.7 Å². The van der Waals surface area contributed by atoms with E-state index in [9.17, 15) is 4.79 Å². The molecule has 5 nitrogen and oxygen atoms in total. The summed E-state index contributed by atoms with van der Waals surface area (Å²) in [5.74, 6) is 1.22. The number of nitrogens with one attached hydrogen (secondary N) is 1. The molecule has 2 heterocycles. The van der Waals surface area contributed by atoms with Gasteiger partial charge in [-0.1, -0.05) is 19.9 Å². The molecule has 0 bridgehead atoms. The molecule has 1 aromatic heterocycles.